The van der Waals surface area contributed by atoms with Gasteiger partial charge in [-0.1, -0.05) is 18.0 Å². The molecule has 11 nitrogen and oxygen atoms in total. The lowest BCUT2D eigenvalue weighted by Gasteiger charge is -2.32. The molecule has 0 radical (unpaired) electrons. The molecule has 6 rings (SSSR count). The highest BCUT2D eigenvalue weighted by atomic mass is 32.2. The van der Waals surface area contributed by atoms with Crippen LogP contribution < -0.4 is 9.46 Å². The smallest absolute Gasteiger partial charge is 0.410 e. The molecule has 2 aliphatic carbocycles. The van der Waals surface area contributed by atoms with Crippen molar-refractivity contribution in [1.29, 1.82) is 0 Å². The first-order valence-electron chi connectivity index (χ1n) is 15.5. The van der Waals surface area contributed by atoms with Gasteiger partial charge in [0.05, 0.1) is 30.7 Å². The molecule has 4 aliphatic rings. The summed E-state index contributed by atoms with van der Waals surface area (Å²) < 4.78 is 54.3. The van der Waals surface area contributed by atoms with Crippen LogP contribution in [0.4, 0.5) is 10.6 Å². The highest BCUT2D eigenvalue weighted by Crippen LogP contribution is 2.47. The lowest BCUT2D eigenvalue weighted by molar-refractivity contribution is -0.0306. The predicted octanol–water partition coefficient (Wildman–Crippen LogP) is 5.42. The number of anilines is 1. The molecule has 3 heterocycles. The Morgan fingerprint density at radius 1 is 1.02 bits per heavy atom. The number of amides is 1. The Balaban J connectivity index is 1.04. The maximum Gasteiger partial charge on any atom is 0.410 e. The molecular weight excluding hydrogens is 560 g/mol. The highest BCUT2D eigenvalue weighted by molar-refractivity contribution is 7.90. The third-order valence-electron chi connectivity index (χ3n) is 8.72. The fourth-order valence-electron chi connectivity index (χ4n) is 6.28. The van der Waals surface area contributed by atoms with Crippen LogP contribution in [-0.4, -0.2) is 79.5 Å². The van der Waals surface area contributed by atoms with Gasteiger partial charge in [0.25, 0.3) is 0 Å². The van der Waals surface area contributed by atoms with Gasteiger partial charge in [0.1, 0.15) is 11.4 Å². The number of carbonyl (C=O) groups is 1. The fraction of sp³-hybridized carbons (Fsp3) is 0.733. The number of aromatic nitrogens is 1. The van der Waals surface area contributed by atoms with Crippen molar-refractivity contribution in [1.82, 2.24) is 14.4 Å². The molecule has 1 atom stereocenters. The standard InChI is InChI=1S/C30H44N4O7S/c1-30(2,3)40-29(35)33-13-10-23(18-33)39-22-11-14-34(15-12-22)42(36,37)32-28-25-16-24(21-8-9-21)26(17-27(25)41-31-28)38-19-20-6-4-5-7-20/h16-17,20-23H,4-15,18-19H2,1-3H3,(H,31,32). The lowest BCUT2D eigenvalue weighted by atomic mass is 10.1. The third kappa shape index (κ3) is 6.97. The summed E-state index contributed by atoms with van der Waals surface area (Å²) in [5, 5.41) is 4.74. The first-order chi connectivity index (χ1) is 20.0. The Hall–Kier alpha value is -2.57. The van der Waals surface area contributed by atoms with Gasteiger partial charge in [-0.3, -0.25) is 4.72 Å². The van der Waals surface area contributed by atoms with E-state index in [4.69, 9.17) is 18.7 Å². The van der Waals surface area contributed by atoms with E-state index in [1.165, 1.54) is 30.0 Å². The molecular formula is C30H44N4O7S. The number of likely N-dealkylation sites (tertiary alicyclic amines) is 1. The largest absolute Gasteiger partial charge is 0.493 e. The molecule has 1 unspecified atom stereocenters. The monoisotopic (exact) mass is 604 g/mol. The highest BCUT2D eigenvalue weighted by Gasteiger charge is 2.35. The van der Waals surface area contributed by atoms with Crippen molar-refractivity contribution in [2.45, 2.75) is 102 Å². The van der Waals surface area contributed by atoms with Crippen molar-refractivity contribution >= 4 is 33.1 Å². The lowest BCUT2D eigenvalue weighted by Crippen LogP contribution is -2.44. The maximum atomic E-state index is 13.3. The first kappa shape index (κ1) is 29.5. The SMILES string of the molecule is CC(C)(C)OC(=O)N1CCC(OC2CCN(S(=O)(=O)Nc3noc4cc(OCC5CCCC5)c(C5CC5)cc34)CC2)C1. The number of fused-ring (bicyclic) bond motifs is 1. The van der Waals surface area contributed by atoms with E-state index in [0.717, 1.165) is 30.6 Å². The van der Waals surface area contributed by atoms with E-state index in [1.54, 1.807) is 4.90 Å². The molecule has 4 fully saturated rings. The van der Waals surface area contributed by atoms with Gasteiger partial charge in [0.2, 0.25) is 0 Å². The molecule has 2 saturated carbocycles. The molecule has 1 aromatic carbocycles. The minimum atomic E-state index is -3.83. The molecule has 232 valence electrons. The van der Waals surface area contributed by atoms with E-state index in [1.807, 2.05) is 32.9 Å². The van der Waals surface area contributed by atoms with Crippen molar-refractivity contribution in [3.05, 3.63) is 17.7 Å². The molecule has 42 heavy (non-hydrogen) atoms. The van der Waals surface area contributed by atoms with Crippen molar-refractivity contribution in [2.24, 2.45) is 5.92 Å². The van der Waals surface area contributed by atoms with Crippen molar-refractivity contribution in [3.63, 3.8) is 0 Å². The minimum absolute atomic E-state index is 0.0586. The molecule has 12 heteroatoms. The molecule has 2 aliphatic heterocycles. The predicted molar refractivity (Wildman–Crippen MR) is 158 cm³/mol. The summed E-state index contributed by atoms with van der Waals surface area (Å²) in [5.41, 5.74) is 1.09. The van der Waals surface area contributed by atoms with E-state index in [0.29, 0.717) is 68.4 Å². The second-order valence-electron chi connectivity index (χ2n) is 13.3. The van der Waals surface area contributed by atoms with Crippen LogP contribution in [-0.2, 0) is 19.7 Å². The van der Waals surface area contributed by atoms with Crippen LogP contribution in [0.15, 0.2) is 16.7 Å². The Kier molecular flexibility index (Phi) is 8.32. The van der Waals surface area contributed by atoms with Gasteiger partial charge in [-0.2, -0.15) is 12.7 Å². The van der Waals surface area contributed by atoms with Crippen LogP contribution in [0, 0.1) is 5.92 Å². The number of benzene rings is 1. The van der Waals surface area contributed by atoms with Gasteiger partial charge in [-0.15, -0.1) is 0 Å². The zero-order chi connectivity index (χ0) is 29.5. The Morgan fingerprint density at radius 3 is 2.43 bits per heavy atom. The number of piperidine rings is 1. The average molecular weight is 605 g/mol. The molecule has 1 N–H and O–H groups in total. The van der Waals surface area contributed by atoms with Gasteiger partial charge in [0.15, 0.2) is 11.4 Å². The quantitative estimate of drug-likeness (QED) is 0.403. The number of nitrogens with zero attached hydrogens (tertiary/aromatic N) is 3. The van der Waals surface area contributed by atoms with Crippen molar-refractivity contribution in [3.8, 4) is 5.75 Å². The van der Waals surface area contributed by atoms with Crippen LogP contribution in [0.3, 0.4) is 0 Å². The summed E-state index contributed by atoms with van der Waals surface area (Å²) in [4.78, 5) is 14.0. The number of hydrogen-bond acceptors (Lipinski definition) is 8. The topological polar surface area (TPSA) is 123 Å². The van der Waals surface area contributed by atoms with Crippen LogP contribution in [0.2, 0.25) is 0 Å². The second kappa shape index (κ2) is 11.8. The molecule has 0 bridgehead atoms. The van der Waals surface area contributed by atoms with E-state index >= 15 is 0 Å². The van der Waals surface area contributed by atoms with Gasteiger partial charge in [0, 0.05) is 25.7 Å². The van der Waals surface area contributed by atoms with E-state index < -0.39 is 15.8 Å². The van der Waals surface area contributed by atoms with E-state index in [-0.39, 0.29) is 24.1 Å². The number of rotatable bonds is 9. The summed E-state index contributed by atoms with van der Waals surface area (Å²) in [7, 11) is -3.83. The fourth-order valence-corrected chi connectivity index (χ4v) is 7.49. The van der Waals surface area contributed by atoms with Gasteiger partial charge in [-0.25, -0.2) is 4.79 Å². The molecule has 1 amide bonds. The van der Waals surface area contributed by atoms with Gasteiger partial charge in [-0.05, 0) is 89.2 Å². The van der Waals surface area contributed by atoms with Crippen LogP contribution in [0.5, 0.6) is 5.75 Å². The zero-order valence-corrected chi connectivity index (χ0v) is 25.8. The number of carbonyl (C=O) groups excluding carboxylic acids is 1. The number of nitrogens with one attached hydrogen (secondary N) is 1. The van der Waals surface area contributed by atoms with Crippen molar-refractivity contribution < 1.29 is 31.9 Å². The Bertz CT molecular complexity index is 1370. The van der Waals surface area contributed by atoms with E-state index in [2.05, 4.69) is 9.88 Å². The third-order valence-corrected chi connectivity index (χ3v) is 10.2. The first-order valence-corrected chi connectivity index (χ1v) is 17.0. The summed E-state index contributed by atoms with van der Waals surface area (Å²) in [5.74, 6) is 2.08. The molecule has 2 saturated heterocycles. The van der Waals surface area contributed by atoms with Gasteiger partial charge >= 0.3 is 16.3 Å². The maximum absolute atomic E-state index is 13.3. The summed E-state index contributed by atoms with van der Waals surface area (Å²) in [6.07, 6.45) is 8.64. The molecule has 0 spiro atoms. The van der Waals surface area contributed by atoms with Crippen molar-refractivity contribution in [2.75, 3.05) is 37.5 Å². The summed E-state index contributed by atoms with van der Waals surface area (Å²) >= 11 is 0. The molecule has 1 aromatic heterocycles. The number of hydrogen-bond donors (Lipinski definition) is 1. The van der Waals surface area contributed by atoms with Crippen LogP contribution in [0.25, 0.3) is 11.0 Å². The summed E-state index contributed by atoms with van der Waals surface area (Å²) in [6, 6.07) is 3.87. The Labute approximate surface area is 248 Å². The van der Waals surface area contributed by atoms with Crippen LogP contribution >= 0.6 is 0 Å². The normalized spacial score (nSPS) is 23.1. The second-order valence-corrected chi connectivity index (χ2v) is 15.0. The minimum Gasteiger partial charge on any atom is -0.493 e. The summed E-state index contributed by atoms with van der Waals surface area (Å²) in [6.45, 7) is 8.03. The zero-order valence-electron chi connectivity index (χ0n) is 25.0. The Morgan fingerprint density at radius 2 is 1.74 bits per heavy atom. The molecule has 2 aromatic rings. The van der Waals surface area contributed by atoms with Crippen LogP contribution in [0.1, 0.15) is 90.0 Å². The van der Waals surface area contributed by atoms with Gasteiger partial charge < -0.3 is 23.6 Å². The average Bonchev–Trinajstić information content (AvgIpc) is 3.28. The number of ether oxygens (including phenoxy) is 3. The van der Waals surface area contributed by atoms with E-state index in [9.17, 15) is 13.2 Å².